The van der Waals surface area contributed by atoms with Crippen LogP contribution in [-0.2, 0) is 0 Å². The van der Waals surface area contributed by atoms with Gasteiger partial charge in [0.15, 0.2) is 5.82 Å². The summed E-state index contributed by atoms with van der Waals surface area (Å²) in [5.41, 5.74) is 0.756. The predicted molar refractivity (Wildman–Crippen MR) is 83.9 cm³/mol. The average molecular weight is 350 g/mol. The highest BCUT2D eigenvalue weighted by atomic mass is 35.5. The molecule has 0 spiro atoms. The fraction of sp³-hybridized carbons (Fsp3) is 0.333. The number of nitrogen functional groups attached to an aromatic ring is 1. The third-order valence-corrected chi connectivity index (χ3v) is 5.51. The lowest BCUT2D eigenvalue weighted by Crippen LogP contribution is -2.12. The number of benzene rings is 1. The number of hydrogen-bond acceptors (Lipinski definition) is 4. The van der Waals surface area contributed by atoms with Gasteiger partial charge in [0.2, 0.25) is 5.16 Å². The van der Waals surface area contributed by atoms with Crippen LogP contribution in [-0.4, -0.2) is 25.0 Å². The Balaban J connectivity index is 1.77. The SMILES string of the molecule is Nn1c(SCC2CC2(Cl)Cl)nnc1-c1ccccc1Cl. The summed E-state index contributed by atoms with van der Waals surface area (Å²) in [4.78, 5) is 0. The molecule has 1 aromatic heterocycles. The summed E-state index contributed by atoms with van der Waals surface area (Å²) in [5.74, 6) is 7.61. The van der Waals surface area contributed by atoms with Crippen LogP contribution in [0.5, 0.6) is 0 Å². The van der Waals surface area contributed by atoms with Crippen molar-refractivity contribution in [3.8, 4) is 11.4 Å². The molecule has 1 fully saturated rings. The number of nitrogens with two attached hydrogens (primary N) is 1. The monoisotopic (exact) mass is 348 g/mol. The van der Waals surface area contributed by atoms with Crippen molar-refractivity contribution in [2.24, 2.45) is 5.92 Å². The zero-order chi connectivity index (χ0) is 14.3. The van der Waals surface area contributed by atoms with E-state index >= 15 is 0 Å². The number of rotatable bonds is 4. The molecule has 0 radical (unpaired) electrons. The molecule has 1 aliphatic carbocycles. The number of hydrogen-bond donors (Lipinski definition) is 1. The Hall–Kier alpha value is -0.620. The van der Waals surface area contributed by atoms with Crippen LogP contribution in [0.15, 0.2) is 29.4 Å². The van der Waals surface area contributed by atoms with Gasteiger partial charge in [0, 0.05) is 17.2 Å². The molecule has 1 aliphatic rings. The van der Waals surface area contributed by atoms with Gasteiger partial charge in [-0.1, -0.05) is 35.5 Å². The lowest BCUT2D eigenvalue weighted by Gasteiger charge is -2.05. The summed E-state index contributed by atoms with van der Waals surface area (Å²) in [6.07, 6.45) is 0.805. The third kappa shape index (κ3) is 2.72. The first-order valence-corrected chi connectivity index (χ1v) is 8.07. The molecule has 8 heteroatoms. The molecule has 1 heterocycles. The van der Waals surface area contributed by atoms with E-state index < -0.39 is 4.33 Å². The fourth-order valence-corrected chi connectivity index (χ4v) is 3.83. The molecule has 1 aromatic carbocycles. The van der Waals surface area contributed by atoms with Gasteiger partial charge in [0.05, 0.1) is 5.02 Å². The van der Waals surface area contributed by atoms with E-state index in [2.05, 4.69) is 10.2 Å². The average Bonchev–Trinajstić information content (AvgIpc) is 2.85. The van der Waals surface area contributed by atoms with Crippen LogP contribution >= 0.6 is 46.6 Å². The molecule has 3 rings (SSSR count). The minimum absolute atomic E-state index is 0.274. The predicted octanol–water partition coefficient (Wildman–Crippen LogP) is 3.60. The molecule has 1 unspecified atom stereocenters. The van der Waals surface area contributed by atoms with Crippen molar-refractivity contribution < 1.29 is 0 Å². The number of thioether (sulfide) groups is 1. The van der Waals surface area contributed by atoms with Crippen LogP contribution < -0.4 is 5.84 Å². The van der Waals surface area contributed by atoms with Gasteiger partial charge >= 0.3 is 0 Å². The van der Waals surface area contributed by atoms with Crippen LogP contribution in [0, 0.1) is 5.92 Å². The normalized spacial score (nSPS) is 20.1. The number of nitrogens with zero attached hydrogens (tertiary/aromatic N) is 3. The molecule has 0 amide bonds. The Morgan fingerprint density at radius 1 is 1.35 bits per heavy atom. The second-order valence-electron chi connectivity index (χ2n) is 4.63. The molecule has 1 atom stereocenters. The van der Waals surface area contributed by atoms with Crippen LogP contribution in [0.25, 0.3) is 11.4 Å². The molecule has 0 aliphatic heterocycles. The minimum atomic E-state index is -0.585. The first-order valence-electron chi connectivity index (χ1n) is 5.95. The van der Waals surface area contributed by atoms with Crippen molar-refractivity contribution in [3.05, 3.63) is 29.3 Å². The largest absolute Gasteiger partial charge is 0.335 e. The standard InChI is InChI=1S/C12H11Cl3N4S/c13-9-4-2-1-3-8(9)10-17-18-11(19(10)16)20-6-7-5-12(7,14)15/h1-4,7H,5-6,16H2. The molecule has 0 bridgehead atoms. The summed E-state index contributed by atoms with van der Waals surface area (Å²) < 4.78 is 0.858. The van der Waals surface area contributed by atoms with Gasteiger partial charge in [-0.15, -0.1) is 33.4 Å². The topological polar surface area (TPSA) is 56.7 Å². The Kier molecular flexibility index (Phi) is 3.79. The molecule has 2 aromatic rings. The van der Waals surface area contributed by atoms with Gasteiger partial charge in [0.1, 0.15) is 4.33 Å². The van der Waals surface area contributed by atoms with E-state index in [1.54, 1.807) is 6.07 Å². The van der Waals surface area contributed by atoms with E-state index in [0.717, 1.165) is 17.7 Å². The molecular weight excluding hydrogens is 339 g/mol. The van der Waals surface area contributed by atoms with E-state index in [9.17, 15) is 0 Å². The maximum atomic E-state index is 6.14. The van der Waals surface area contributed by atoms with Crippen molar-refractivity contribution in [3.63, 3.8) is 0 Å². The summed E-state index contributed by atoms with van der Waals surface area (Å²) >= 11 is 19.6. The maximum Gasteiger partial charge on any atom is 0.210 e. The summed E-state index contributed by atoms with van der Waals surface area (Å²) in [7, 11) is 0. The minimum Gasteiger partial charge on any atom is -0.335 e. The Bertz CT molecular complexity index is 643. The number of aromatic nitrogens is 3. The first kappa shape index (κ1) is 14.3. The van der Waals surface area contributed by atoms with Gasteiger partial charge < -0.3 is 5.84 Å². The van der Waals surface area contributed by atoms with Crippen molar-refractivity contribution in [1.82, 2.24) is 14.9 Å². The second kappa shape index (κ2) is 5.30. The Morgan fingerprint density at radius 2 is 2.05 bits per heavy atom. The van der Waals surface area contributed by atoms with Crippen LogP contribution in [0.4, 0.5) is 0 Å². The zero-order valence-electron chi connectivity index (χ0n) is 10.3. The van der Waals surface area contributed by atoms with Gasteiger partial charge in [0.25, 0.3) is 0 Å². The molecule has 2 N–H and O–H groups in total. The van der Waals surface area contributed by atoms with Gasteiger partial charge in [-0.25, -0.2) is 4.68 Å². The highest BCUT2D eigenvalue weighted by molar-refractivity contribution is 7.99. The molecule has 1 saturated carbocycles. The summed E-state index contributed by atoms with van der Waals surface area (Å²) in [5, 5.41) is 9.40. The van der Waals surface area contributed by atoms with E-state index in [1.807, 2.05) is 18.2 Å². The van der Waals surface area contributed by atoms with Crippen molar-refractivity contribution in [2.75, 3.05) is 11.6 Å². The van der Waals surface area contributed by atoms with Crippen molar-refractivity contribution >= 4 is 46.6 Å². The molecular formula is C12H11Cl3N4S. The highest BCUT2D eigenvalue weighted by Gasteiger charge is 2.51. The van der Waals surface area contributed by atoms with Gasteiger partial charge in [-0.05, 0) is 18.6 Å². The number of halogens is 3. The highest BCUT2D eigenvalue weighted by Crippen LogP contribution is 2.54. The molecule has 0 saturated heterocycles. The zero-order valence-corrected chi connectivity index (χ0v) is 13.3. The van der Waals surface area contributed by atoms with Crippen LogP contribution in [0.3, 0.4) is 0 Å². The lowest BCUT2D eigenvalue weighted by atomic mass is 10.2. The molecule has 20 heavy (non-hydrogen) atoms. The van der Waals surface area contributed by atoms with Crippen molar-refractivity contribution in [1.29, 1.82) is 0 Å². The van der Waals surface area contributed by atoms with Gasteiger partial charge in [-0.3, -0.25) is 0 Å². The Morgan fingerprint density at radius 3 is 2.70 bits per heavy atom. The smallest absolute Gasteiger partial charge is 0.210 e. The summed E-state index contributed by atoms with van der Waals surface area (Å²) in [6, 6.07) is 7.38. The van der Waals surface area contributed by atoms with Crippen molar-refractivity contribution in [2.45, 2.75) is 15.9 Å². The van der Waals surface area contributed by atoms with E-state index in [1.165, 1.54) is 16.4 Å². The van der Waals surface area contributed by atoms with E-state index in [4.69, 9.17) is 40.6 Å². The number of alkyl halides is 2. The maximum absolute atomic E-state index is 6.14. The Labute approximate surface area is 135 Å². The molecule has 4 nitrogen and oxygen atoms in total. The van der Waals surface area contributed by atoms with Gasteiger partial charge in [-0.2, -0.15) is 0 Å². The van der Waals surface area contributed by atoms with Crippen LogP contribution in [0.2, 0.25) is 5.02 Å². The fourth-order valence-electron chi connectivity index (χ4n) is 1.83. The first-order chi connectivity index (χ1) is 9.49. The third-order valence-electron chi connectivity index (χ3n) is 3.15. The molecule has 106 valence electrons. The van der Waals surface area contributed by atoms with E-state index in [0.29, 0.717) is 16.0 Å². The summed E-state index contributed by atoms with van der Waals surface area (Å²) in [6.45, 7) is 0. The van der Waals surface area contributed by atoms with Crippen LogP contribution in [0.1, 0.15) is 6.42 Å². The second-order valence-corrected chi connectivity index (χ2v) is 7.57. The van der Waals surface area contributed by atoms with E-state index in [-0.39, 0.29) is 5.92 Å². The quantitative estimate of drug-likeness (QED) is 0.520. The lowest BCUT2D eigenvalue weighted by molar-refractivity contribution is 0.844.